The molecule has 14 heavy (non-hydrogen) atoms. The summed E-state index contributed by atoms with van der Waals surface area (Å²) in [5.41, 5.74) is 2.07. The minimum Gasteiger partial charge on any atom is -0.314 e. The van der Waals surface area contributed by atoms with Crippen molar-refractivity contribution >= 4 is 0 Å². The molecule has 0 aromatic carbocycles. The van der Waals surface area contributed by atoms with Gasteiger partial charge in [-0.2, -0.15) is 0 Å². The van der Waals surface area contributed by atoms with Crippen LogP contribution >= 0.6 is 0 Å². The van der Waals surface area contributed by atoms with Crippen LogP contribution in [0.15, 0.2) is 12.4 Å². The number of nitrogens with one attached hydrogen (secondary N) is 1. The maximum atomic E-state index is 4.44. The molecule has 1 saturated heterocycles. The second-order valence-electron chi connectivity index (χ2n) is 3.68. The Labute approximate surface area is 84.4 Å². The lowest BCUT2D eigenvalue weighted by atomic mass is 10.3. The fraction of sp³-hybridized carbons (Fsp3) is 0.600. The van der Waals surface area contributed by atoms with Gasteiger partial charge in [-0.1, -0.05) is 0 Å². The molecule has 76 valence electrons. The number of rotatable bonds is 2. The third-order valence-corrected chi connectivity index (χ3v) is 2.40. The van der Waals surface area contributed by atoms with Crippen molar-refractivity contribution in [3.05, 3.63) is 23.8 Å². The molecule has 0 saturated carbocycles. The lowest BCUT2D eigenvalue weighted by molar-refractivity contribution is 0.230. The van der Waals surface area contributed by atoms with Crippen LogP contribution in [0.3, 0.4) is 0 Å². The van der Waals surface area contributed by atoms with Crippen LogP contribution < -0.4 is 5.32 Å². The van der Waals surface area contributed by atoms with E-state index in [1.54, 1.807) is 6.20 Å². The molecule has 1 N–H and O–H groups in total. The molecular weight excluding hydrogens is 176 g/mol. The van der Waals surface area contributed by atoms with Gasteiger partial charge >= 0.3 is 0 Å². The van der Waals surface area contributed by atoms with Gasteiger partial charge in [-0.15, -0.1) is 0 Å². The van der Waals surface area contributed by atoms with E-state index in [4.69, 9.17) is 0 Å². The van der Waals surface area contributed by atoms with Gasteiger partial charge in [-0.05, 0) is 6.92 Å². The van der Waals surface area contributed by atoms with Gasteiger partial charge in [0, 0.05) is 45.1 Å². The molecule has 1 aliphatic heterocycles. The first-order valence-corrected chi connectivity index (χ1v) is 5.05. The van der Waals surface area contributed by atoms with Crippen molar-refractivity contribution in [2.75, 3.05) is 26.2 Å². The standard InChI is InChI=1S/C10H16N4/c1-9-6-12-7-10(13-9)8-14-4-2-11-3-5-14/h6-7,11H,2-5,8H2,1H3. The monoisotopic (exact) mass is 192 g/mol. The van der Waals surface area contributed by atoms with Crippen LogP contribution in [0, 0.1) is 6.92 Å². The van der Waals surface area contributed by atoms with E-state index in [1.165, 1.54) is 0 Å². The topological polar surface area (TPSA) is 41.1 Å². The molecule has 0 atom stereocenters. The van der Waals surface area contributed by atoms with Crippen molar-refractivity contribution in [1.29, 1.82) is 0 Å². The molecule has 1 aromatic heterocycles. The smallest absolute Gasteiger partial charge is 0.0730 e. The van der Waals surface area contributed by atoms with Crippen molar-refractivity contribution < 1.29 is 0 Å². The summed E-state index contributed by atoms with van der Waals surface area (Å²) in [6.45, 7) is 7.29. The van der Waals surface area contributed by atoms with E-state index in [9.17, 15) is 0 Å². The van der Waals surface area contributed by atoms with E-state index in [0.717, 1.165) is 44.1 Å². The highest BCUT2D eigenvalue weighted by atomic mass is 15.2. The highest BCUT2D eigenvalue weighted by Crippen LogP contribution is 2.02. The van der Waals surface area contributed by atoms with E-state index in [-0.39, 0.29) is 0 Å². The van der Waals surface area contributed by atoms with Crippen LogP contribution in [0.25, 0.3) is 0 Å². The van der Waals surface area contributed by atoms with Crippen LogP contribution in [0.2, 0.25) is 0 Å². The van der Waals surface area contributed by atoms with Gasteiger partial charge in [0.25, 0.3) is 0 Å². The summed E-state index contributed by atoms with van der Waals surface area (Å²) in [4.78, 5) is 11.0. The molecule has 0 bridgehead atoms. The van der Waals surface area contributed by atoms with Gasteiger partial charge in [0.2, 0.25) is 0 Å². The summed E-state index contributed by atoms with van der Waals surface area (Å²) >= 11 is 0. The van der Waals surface area contributed by atoms with Crippen molar-refractivity contribution in [1.82, 2.24) is 20.2 Å². The van der Waals surface area contributed by atoms with Gasteiger partial charge < -0.3 is 5.32 Å². The Morgan fingerprint density at radius 3 is 2.86 bits per heavy atom. The lowest BCUT2D eigenvalue weighted by Gasteiger charge is -2.26. The Hall–Kier alpha value is -1.00. The van der Waals surface area contributed by atoms with Gasteiger partial charge in [0.05, 0.1) is 11.4 Å². The average molecular weight is 192 g/mol. The molecule has 4 nitrogen and oxygen atoms in total. The Kier molecular flexibility index (Phi) is 3.06. The van der Waals surface area contributed by atoms with Crippen LogP contribution in [0.1, 0.15) is 11.4 Å². The number of hydrogen-bond acceptors (Lipinski definition) is 4. The van der Waals surface area contributed by atoms with E-state index < -0.39 is 0 Å². The zero-order valence-electron chi connectivity index (χ0n) is 8.53. The third-order valence-electron chi connectivity index (χ3n) is 2.40. The molecule has 4 heteroatoms. The normalized spacial score (nSPS) is 18.4. The number of nitrogens with zero attached hydrogens (tertiary/aromatic N) is 3. The van der Waals surface area contributed by atoms with E-state index in [2.05, 4.69) is 20.2 Å². The van der Waals surface area contributed by atoms with Crippen LogP contribution in [-0.2, 0) is 6.54 Å². The molecule has 0 amide bonds. The molecule has 2 rings (SSSR count). The quantitative estimate of drug-likeness (QED) is 0.726. The Balaban J connectivity index is 1.95. The molecule has 2 heterocycles. The lowest BCUT2D eigenvalue weighted by Crippen LogP contribution is -2.43. The minimum atomic E-state index is 0.927. The number of piperazine rings is 1. The average Bonchev–Trinajstić information content (AvgIpc) is 2.19. The van der Waals surface area contributed by atoms with Crippen molar-refractivity contribution in [2.24, 2.45) is 0 Å². The summed E-state index contributed by atoms with van der Waals surface area (Å²) in [5, 5.41) is 3.33. The van der Waals surface area contributed by atoms with E-state index in [1.807, 2.05) is 13.1 Å². The minimum absolute atomic E-state index is 0.927. The predicted molar refractivity (Wildman–Crippen MR) is 54.9 cm³/mol. The second-order valence-corrected chi connectivity index (χ2v) is 3.68. The Morgan fingerprint density at radius 1 is 1.36 bits per heavy atom. The van der Waals surface area contributed by atoms with Crippen LogP contribution in [-0.4, -0.2) is 41.0 Å². The molecular formula is C10H16N4. The molecule has 0 aliphatic carbocycles. The maximum Gasteiger partial charge on any atom is 0.0730 e. The Bertz CT molecular complexity index is 294. The van der Waals surface area contributed by atoms with Crippen molar-refractivity contribution in [2.45, 2.75) is 13.5 Å². The first kappa shape index (κ1) is 9.55. The van der Waals surface area contributed by atoms with E-state index in [0.29, 0.717) is 0 Å². The van der Waals surface area contributed by atoms with E-state index >= 15 is 0 Å². The molecule has 0 spiro atoms. The first-order chi connectivity index (χ1) is 6.84. The fourth-order valence-corrected chi connectivity index (χ4v) is 1.69. The fourth-order valence-electron chi connectivity index (χ4n) is 1.69. The van der Waals surface area contributed by atoms with Crippen LogP contribution in [0.5, 0.6) is 0 Å². The largest absolute Gasteiger partial charge is 0.314 e. The first-order valence-electron chi connectivity index (χ1n) is 5.05. The highest BCUT2D eigenvalue weighted by Gasteiger charge is 2.10. The summed E-state index contributed by atoms with van der Waals surface area (Å²) in [6.07, 6.45) is 3.65. The maximum absolute atomic E-state index is 4.44. The molecule has 1 fully saturated rings. The SMILES string of the molecule is Cc1cncc(CN2CCNCC2)n1. The molecule has 1 aliphatic rings. The van der Waals surface area contributed by atoms with Gasteiger partial charge in [0.15, 0.2) is 0 Å². The molecule has 0 radical (unpaired) electrons. The van der Waals surface area contributed by atoms with Crippen molar-refractivity contribution in [3.63, 3.8) is 0 Å². The molecule has 0 unspecified atom stereocenters. The zero-order chi connectivity index (χ0) is 9.80. The second kappa shape index (κ2) is 4.48. The predicted octanol–water partition coefficient (Wildman–Crippen LogP) is 0.190. The zero-order valence-corrected chi connectivity index (χ0v) is 8.53. The van der Waals surface area contributed by atoms with Gasteiger partial charge in [0.1, 0.15) is 0 Å². The van der Waals surface area contributed by atoms with Crippen molar-refractivity contribution in [3.8, 4) is 0 Å². The number of aromatic nitrogens is 2. The van der Waals surface area contributed by atoms with Gasteiger partial charge in [-0.3, -0.25) is 14.9 Å². The Morgan fingerprint density at radius 2 is 2.14 bits per heavy atom. The van der Waals surface area contributed by atoms with Crippen LogP contribution in [0.4, 0.5) is 0 Å². The van der Waals surface area contributed by atoms with Gasteiger partial charge in [-0.25, -0.2) is 0 Å². The molecule has 1 aromatic rings. The number of hydrogen-bond donors (Lipinski definition) is 1. The summed E-state index contributed by atoms with van der Waals surface area (Å²) in [6, 6.07) is 0. The summed E-state index contributed by atoms with van der Waals surface area (Å²) in [7, 11) is 0. The summed E-state index contributed by atoms with van der Waals surface area (Å²) in [5.74, 6) is 0. The number of aryl methyl sites for hydroxylation is 1. The summed E-state index contributed by atoms with van der Waals surface area (Å²) < 4.78 is 0. The highest BCUT2D eigenvalue weighted by molar-refractivity contribution is 5.01. The third kappa shape index (κ3) is 2.49.